The van der Waals surface area contributed by atoms with Crippen LogP contribution in [0.25, 0.3) is 0 Å². The summed E-state index contributed by atoms with van der Waals surface area (Å²) in [5.74, 6) is 0.751. The smallest absolute Gasteiger partial charge is 0.106 e. The van der Waals surface area contributed by atoms with E-state index in [1.165, 1.54) is 18.4 Å². The van der Waals surface area contributed by atoms with Crippen LogP contribution in [0.1, 0.15) is 74.1 Å². The van der Waals surface area contributed by atoms with E-state index in [-0.39, 0.29) is 0 Å². The largest absolute Gasteiger partial charge is 0.386 e. The predicted molar refractivity (Wildman–Crippen MR) is 84.3 cm³/mol. The van der Waals surface area contributed by atoms with Gasteiger partial charge in [-0.1, -0.05) is 47.1 Å². The quantitative estimate of drug-likeness (QED) is 0.697. The minimum Gasteiger partial charge on any atom is -0.386 e. The second-order valence-electron chi connectivity index (χ2n) is 7.09. The molecule has 0 aromatic carbocycles. The van der Waals surface area contributed by atoms with E-state index in [1.807, 2.05) is 20.6 Å². The summed E-state index contributed by atoms with van der Waals surface area (Å²) in [7, 11) is 0. The van der Waals surface area contributed by atoms with Crippen molar-refractivity contribution in [2.24, 2.45) is 11.3 Å². The third kappa shape index (κ3) is 12.2. The lowest BCUT2D eigenvalue weighted by Crippen LogP contribution is -2.25. The number of aliphatic hydroxyl groups is 1. The fourth-order valence-corrected chi connectivity index (χ4v) is 1.60. The molecule has 1 rings (SSSR count). The van der Waals surface area contributed by atoms with Crippen LogP contribution >= 0.6 is 0 Å². The Morgan fingerprint density at radius 3 is 1.89 bits per heavy atom. The highest BCUT2D eigenvalue weighted by atomic mass is 16.3. The Morgan fingerprint density at radius 1 is 1.26 bits per heavy atom. The topological polar surface area (TPSA) is 37.3 Å². The number of hydrogen-bond donors (Lipinski definition) is 1. The Kier molecular flexibility index (Phi) is 10.1. The zero-order chi connectivity index (χ0) is 15.7. The van der Waals surface area contributed by atoms with Crippen LogP contribution in [0.4, 0.5) is 0 Å². The summed E-state index contributed by atoms with van der Waals surface area (Å²) in [6.07, 6.45) is 6.95. The second kappa shape index (κ2) is 9.30. The molecule has 0 aromatic rings. The van der Waals surface area contributed by atoms with Crippen LogP contribution in [0.3, 0.4) is 0 Å². The highest BCUT2D eigenvalue weighted by Gasteiger charge is 2.22. The number of carbonyl (C=O) groups is 1. The van der Waals surface area contributed by atoms with E-state index in [0.717, 1.165) is 18.8 Å². The molecule has 2 nitrogen and oxygen atoms in total. The summed E-state index contributed by atoms with van der Waals surface area (Å²) < 4.78 is 0. The van der Waals surface area contributed by atoms with Gasteiger partial charge in [-0.3, -0.25) is 0 Å². The molecule has 0 saturated carbocycles. The molecule has 114 valence electrons. The maximum atomic E-state index is 9.69. The molecule has 1 unspecified atom stereocenters. The molecule has 1 atom stereocenters. The SMILES string of the molecule is C=O.CC1CCC=C(C(C)(C)O)C1.CCC(C)(C)C. The molecule has 2 heteroatoms. The normalized spacial score (nSPS) is 19.4. The van der Waals surface area contributed by atoms with Gasteiger partial charge in [-0.15, -0.1) is 0 Å². The average molecular weight is 270 g/mol. The van der Waals surface area contributed by atoms with Gasteiger partial charge in [-0.05, 0) is 50.0 Å². The highest BCUT2D eigenvalue weighted by molar-refractivity contribution is 5.16. The lowest BCUT2D eigenvalue weighted by atomic mass is 9.83. The van der Waals surface area contributed by atoms with Gasteiger partial charge in [0.1, 0.15) is 6.79 Å². The summed E-state index contributed by atoms with van der Waals surface area (Å²) in [6, 6.07) is 0. The van der Waals surface area contributed by atoms with Gasteiger partial charge in [0.15, 0.2) is 0 Å². The summed E-state index contributed by atoms with van der Waals surface area (Å²) in [5.41, 5.74) is 1.17. The first kappa shape index (κ1) is 20.7. The van der Waals surface area contributed by atoms with Crippen molar-refractivity contribution in [1.82, 2.24) is 0 Å². The minimum atomic E-state index is -0.589. The van der Waals surface area contributed by atoms with Gasteiger partial charge < -0.3 is 9.90 Å². The summed E-state index contributed by atoms with van der Waals surface area (Å²) >= 11 is 0. The lowest BCUT2D eigenvalue weighted by molar-refractivity contribution is -0.0979. The van der Waals surface area contributed by atoms with Crippen LogP contribution in [-0.4, -0.2) is 17.5 Å². The molecular weight excluding hydrogens is 236 g/mol. The first-order valence-corrected chi connectivity index (χ1v) is 7.27. The molecule has 0 amide bonds. The monoisotopic (exact) mass is 270 g/mol. The van der Waals surface area contributed by atoms with Gasteiger partial charge in [0, 0.05) is 0 Å². The average Bonchev–Trinajstić information content (AvgIpc) is 2.30. The zero-order valence-electron chi connectivity index (χ0n) is 14.0. The second-order valence-corrected chi connectivity index (χ2v) is 7.09. The van der Waals surface area contributed by atoms with Gasteiger partial charge in [-0.25, -0.2) is 0 Å². The minimum absolute atomic E-state index is 0.542. The Labute approximate surface area is 120 Å². The van der Waals surface area contributed by atoms with Gasteiger partial charge in [0.05, 0.1) is 5.60 Å². The van der Waals surface area contributed by atoms with Gasteiger partial charge in [0.25, 0.3) is 0 Å². The predicted octanol–water partition coefficient (Wildman–Crippen LogP) is 4.76. The molecule has 19 heavy (non-hydrogen) atoms. The third-order valence-electron chi connectivity index (χ3n) is 3.47. The van der Waals surface area contributed by atoms with E-state index in [1.54, 1.807) is 0 Å². The van der Waals surface area contributed by atoms with Crippen LogP contribution in [0.2, 0.25) is 0 Å². The molecule has 0 radical (unpaired) electrons. The van der Waals surface area contributed by atoms with Crippen molar-refractivity contribution in [3.8, 4) is 0 Å². The fourth-order valence-electron chi connectivity index (χ4n) is 1.60. The molecule has 1 N–H and O–H groups in total. The number of allylic oxidation sites excluding steroid dienone is 1. The first-order chi connectivity index (χ1) is 8.56. The van der Waals surface area contributed by atoms with Gasteiger partial charge in [-0.2, -0.15) is 0 Å². The van der Waals surface area contributed by atoms with E-state index in [9.17, 15) is 5.11 Å². The molecular formula is C17H34O2. The molecule has 0 saturated heterocycles. The standard InChI is InChI=1S/C10H18O.C6H14.CH2O/c1-8-5-4-6-9(7-8)10(2,3)11;1-5-6(2,3)4;1-2/h6,8,11H,4-5,7H2,1-3H3;5H2,1-4H3;1H2. The van der Waals surface area contributed by atoms with Crippen molar-refractivity contribution in [2.75, 3.05) is 0 Å². The Balaban J connectivity index is 0. The van der Waals surface area contributed by atoms with Crippen molar-refractivity contribution < 1.29 is 9.90 Å². The number of hydrogen-bond acceptors (Lipinski definition) is 2. The van der Waals surface area contributed by atoms with E-state index in [0.29, 0.717) is 5.41 Å². The highest BCUT2D eigenvalue weighted by Crippen LogP contribution is 2.30. The summed E-state index contributed by atoms with van der Waals surface area (Å²) in [4.78, 5) is 8.00. The molecule has 0 fully saturated rings. The third-order valence-corrected chi connectivity index (χ3v) is 3.47. The van der Waals surface area contributed by atoms with E-state index >= 15 is 0 Å². The molecule has 1 aliphatic rings. The van der Waals surface area contributed by atoms with Crippen LogP contribution in [-0.2, 0) is 4.79 Å². The summed E-state index contributed by atoms with van der Waals surface area (Å²) in [6.45, 7) is 16.9. The van der Waals surface area contributed by atoms with E-state index in [2.05, 4.69) is 40.7 Å². The van der Waals surface area contributed by atoms with Gasteiger partial charge >= 0.3 is 0 Å². The zero-order valence-corrected chi connectivity index (χ0v) is 14.0. The van der Waals surface area contributed by atoms with Crippen LogP contribution < -0.4 is 0 Å². The maximum absolute atomic E-state index is 9.69. The van der Waals surface area contributed by atoms with Crippen molar-refractivity contribution >= 4 is 6.79 Å². The van der Waals surface area contributed by atoms with Crippen molar-refractivity contribution in [1.29, 1.82) is 0 Å². The Hall–Kier alpha value is -0.630. The van der Waals surface area contributed by atoms with Gasteiger partial charge in [0.2, 0.25) is 0 Å². The van der Waals surface area contributed by atoms with Crippen molar-refractivity contribution in [3.05, 3.63) is 11.6 Å². The van der Waals surface area contributed by atoms with Crippen molar-refractivity contribution in [2.45, 2.75) is 79.8 Å². The summed E-state index contributed by atoms with van der Waals surface area (Å²) in [5, 5.41) is 9.69. The maximum Gasteiger partial charge on any atom is 0.106 e. The molecule has 0 bridgehead atoms. The Bertz CT molecular complexity index is 253. The molecule has 0 spiro atoms. The Morgan fingerprint density at radius 2 is 1.68 bits per heavy atom. The first-order valence-electron chi connectivity index (χ1n) is 7.27. The molecule has 1 aliphatic carbocycles. The molecule has 0 heterocycles. The molecule has 0 aromatic heterocycles. The van der Waals surface area contributed by atoms with Crippen LogP contribution in [0.5, 0.6) is 0 Å². The molecule has 0 aliphatic heterocycles. The lowest BCUT2D eigenvalue weighted by Gasteiger charge is -2.27. The number of rotatable bonds is 1. The van der Waals surface area contributed by atoms with Crippen LogP contribution in [0, 0.1) is 11.3 Å². The van der Waals surface area contributed by atoms with Crippen molar-refractivity contribution in [3.63, 3.8) is 0 Å². The van der Waals surface area contributed by atoms with E-state index < -0.39 is 5.60 Å². The number of carbonyl (C=O) groups excluding carboxylic acids is 1. The fraction of sp³-hybridized carbons (Fsp3) is 0.824. The van der Waals surface area contributed by atoms with Crippen LogP contribution in [0.15, 0.2) is 11.6 Å². The van der Waals surface area contributed by atoms with E-state index in [4.69, 9.17) is 4.79 Å².